The zero-order valence-electron chi connectivity index (χ0n) is 11.8. The van der Waals surface area contributed by atoms with Gasteiger partial charge in [0.1, 0.15) is 11.3 Å². The van der Waals surface area contributed by atoms with Gasteiger partial charge in [-0.25, -0.2) is 13.8 Å². The highest BCUT2D eigenvalue weighted by molar-refractivity contribution is 6.17. The second kappa shape index (κ2) is 6.53. The molecule has 0 aliphatic carbocycles. The van der Waals surface area contributed by atoms with Gasteiger partial charge < -0.3 is 4.57 Å². The van der Waals surface area contributed by atoms with Crippen LogP contribution < -0.4 is 0 Å². The molecule has 1 atom stereocenters. The molecule has 0 spiro atoms. The number of alkyl halides is 1. The summed E-state index contributed by atoms with van der Waals surface area (Å²) in [6.45, 7) is 4.12. The Bertz CT molecular complexity index is 595. The summed E-state index contributed by atoms with van der Waals surface area (Å²) in [6, 6.07) is 2.72. The lowest BCUT2D eigenvalue weighted by Crippen LogP contribution is -2.11. The van der Waals surface area contributed by atoms with Crippen LogP contribution in [0.4, 0.5) is 8.78 Å². The maximum atomic E-state index is 14.1. The maximum Gasteiger partial charge on any atom is 0.184 e. The summed E-state index contributed by atoms with van der Waals surface area (Å²) in [6.07, 6.45) is 3.57. The number of aryl methyl sites for hydroxylation is 1. The van der Waals surface area contributed by atoms with Gasteiger partial charge >= 0.3 is 0 Å². The molecule has 0 aliphatic rings. The van der Waals surface area contributed by atoms with E-state index in [0.29, 0.717) is 17.8 Å². The van der Waals surface area contributed by atoms with Crippen LogP contribution in [0.1, 0.15) is 45.0 Å². The lowest BCUT2D eigenvalue weighted by atomic mass is 10.1. The number of unbranched alkanes of at least 4 members (excludes halogenated alkanes) is 1. The van der Waals surface area contributed by atoms with Gasteiger partial charge in [-0.3, -0.25) is 0 Å². The number of hydrogen-bond acceptors (Lipinski definition) is 1. The number of benzene rings is 1. The summed E-state index contributed by atoms with van der Waals surface area (Å²) in [4.78, 5) is 4.41. The minimum absolute atomic E-state index is 0.0782. The molecule has 110 valence electrons. The van der Waals surface area contributed by atoms with E-state index < -0.39 is 11.6 Å². The number of fused-ring (bicyclic) bond motifs is 1. The van der Waals surface area contributed by atoms with E-state index in [1.165, 1.54) is 6.07 Å². The minimum Gasteiger partial charge on any atom is -0.323 e. The summed E-state index contributed by atoms with van der Waals surface area (Å²) in [5.74, 6) is -0.519. The van der Waals surface area contributed by atoms with Crippen LogP contribution in [0, 0.1) is 11.6 Å². The Morgan fingerprint density at radius 3 is 2.75 bits per heavy atom. The van der Waals surface area contributed by atoms with Gasteiger partial charge in [0.25, 0.3) is 0 Å². The number of hydrogen-bond donors (Lipinski definition) is 0. The number of nitrogens with zero attached hydrogens (tertiary/aromatic N) is 2. The van der Waals surface area contributed by atoms with Crippen LogP contribution in [0.25, 0.3) is 11.0 Å². The lowest BCUT2D eigenvalue weighted by Gasteiger charge is -2.17. The molecule has 1 unspecified atom stereocenters. The van der Waals surface area contributed by atoms with Gasteiger partial charge in [0.2, 0.25) is 0 Å². The largest absolute Gasteiger partial charge is 0.323 e. The van der Waals surface area contributed by atoms with E-state index in [1.54, 1.807) is 0 Å². The second-order valence-corrected chi connectivity index (χ2v) is 5.44. The van der Waals surface area contributed by atoms with Crippen molar-refractivity contribution in [3.8, 4) is 0 Å². The number of imidazole rings is 1. The van der Waals surface area contributed by atoms with Crippen molar-refractivity contribution in [1.82, 2.24) is 9.55 Å². The molecule has 0 bridgehead atoms. The molecule has 0 aliphatic heterocycles. The fraction of sp³-hybridized carbons (Fsp3) is 0.533. The summed E-state index contributed by atoms with van der Waals surface area (Å²) in [7, 11) is 0. The Hall–Kier alpha value is -1.16. The Morgan fingerprint density at radius 2 is 2.10 bits per heavy atom. The third-order valence-corrected chi connectivity index (χ3v) is 3.74. The van der Waals surface area contributed by atoms with Crippen molar-refractivity contribution in [2.45, 2.75) is 45.6 Å². The van der Waals surface area contributed by atoms with Gasteiger partial charge in [0.15, 0.2) is 11.6 Å². The summed E-state index contributed by atoms with van der Waals surface area (Å²) in [5, 5.41) is 0. The van der Waals surface area contributed by atoms with Crippen molar-refractivity contribution in [3.05, 3.63) is 29.6 Å². The monoisotopic (exact) mass is 300 g/mol. The van der Waals surface area contributed by atoms with Crippen molar-refractivity contribution in [2.75, 3.05) is 5.88 Å². The SMILES string of the molecule is CCCCC(C)n1c(CCCl)nc2ccc(F)c(F)c21. The topological polar surface area (TPSA) is 17.8 Å². The van der Waals surface area contributed by atoms with E-state index in [1.807, 2.05) is 11.5 Å². The van der Waals surface area contributed by atoms with Crippen LogP contribution in [0.3, 0.4) is 0 Å². The Morgan fingerprint density at radius 1 is 1.35 bits per heavy atom. The van der Waals surface area contributed by atoms with Crippen molar-refractivity contribution < 1.29 is 8.78 Å². The number of rotatable bonds is 6. The molecule has 0 saturated heterocycles. The van der Waals surface area contributed by atoms with E-state index in [2.05, 4.69) is 11.9 Å². The molecule has 0 saturated carbocycles. The van der Waals surface area contributed by atoms with Gasteiger partial charge in [0.05, 0.1) is 5.52 Å². The molecule has 0 N–H and O–H groups in total. The fourth-order valence-corrected chi connectivity index (χ4v) is 2.70. The highest BCUT2D eigenvalue weighted by Crippen LogP contribution is 2.28. The van der Waals surface area contributed by atoms with E-state index in [4.69, 9.17) is 11.6 Å². The Balaban J connectivity index is 2.57. The third-order valence-electron chi connectivity index (χ3n) is 3.55. The Labute approximate surface area is 122 Å². The molecule has 0 amide bonds. The highest BCUT2D eigenvalue weighted by Gasteiger charge is 2.20. The second-order valence-electron chi connectivity index (χ2n) is 5.06. The standard InChI is InChI=1S/C15H19ClF2N2/c1-3-4-5-10(2)20-13(8-9-16)19-12-7-6-11(17)14(18)15(12)20/h6-7,10H,3-5,8-9H2,1-2H3. The Kier molecular flexibility index (Phi) is 4.97. The first-order valence-corrected chi connectivity index (χ1v) is 7.54. The molecular weight excluding hydrogens is 282 g/mol. The first-order chi connectivity index (χ1) is 9.60. The average molecular weight is 301 g/mol. The van der Waals surface area contributed by atoms with Crippen LogP contribution >= 0.6 is 11.6 Å². The number of halogens is 3. The molecule has 5 heteroatoms. The van der Waals surface area contributed by atoms with Crippen molar-refractivity contribution in [2.24, 2.45) is 0 Å². The van der Waals surface area contributed by atoms with Crippen molar-refractivity contribution >= 4 is 22.6 Å². The molecule has 2 nitrogen and oxygen atoms in total. The van der Waals surface area contributed by atoms with E-state index in [-0.39, 0.29) is 11.6 Å². The molecule has 0 fully saturated rings. The zero-order valence-corrected chi connectivity index (χ0v) is 12.6. The van der Waals surface area contributed by atoms with Crippen LogP contribution in [0.2, 0.25) is 0 Å². The van der Waals surface area contributed by atoms with Crippen LogP contribution in [0.15, 0.2) is 12.1 Å². The van der Waals surface area contributed by atoms with Gasteiger partial charge in [-0.2, -0.15) is 0 Å². The average Bonchev–Trinajstić information content (AvgIpc) is 2.80. The lowest BCUT2D eigenvalue weighted by molar-refractivity contribution is 0.466. The van der Waals surface area contributed by atoms with Crippen molar-refractivity contribution in [1.29, 1.82) is 0 Å². The molecule has 1 aromatic carbocycles. The molecular formula is C15H19ClF2N2. The smallest absolute Gasteiger partial charge is 0.184 e. The number of aromatic nitrogens is 2. The molecule has 20 heavy (non-hydrogen) atoms. The van der Waals surface area contributed by atoms with Gasteiger partial charge in [0, 0.05) is 18.3 Å². The first-order valence-electron chi connectivity index (χ1n) is 7.00. The van der Waals surface area contributed by atoms with Gasteiger partial charge in [-0.15, -0.1) is 11.6 Å². The quantitative estimate of drug-likeness (QED) is 0.698. The summed E-state index contributed by atoms with van der Waals surface area (Å²) < 4.78 is 29.4. The zero-order chi connectivity index (χ0) is 14.7. The molecule has 1 aromatic heterocycles. The predicted octanol–water partition coefficient (Wildman–Crippen LogP) is 4.85. The molecule has 0 radical (unpaired) electrons. The first kappa shape index (κ1) is 15.2. The maximum absolute atomic E-state index is 14.1. The van der Waals surface area contributed by atoms with Crippen LogP contribution in [-0.2, 0) is 6.42 Å². The minimum atomic E-state index is -0.834. The molecule has 2 aromatic rings. The predicted molar refractivity (Wildman–Crippen MR) is 78.3 cm³/mol. The third kappa shape index (κ3) is 2.80. The summed E-state index contributed by atoms with van der Waals surface area (Å²) >= 11 is 5.79. The normalized spacial score (nSPS) is 13.1. The molecule has 1 heterocycles. The van der Waals surface area contributed by atoms with E-state index in [9.17, 15) is 8.78 Å². The highest BCUT2D eigenvalue weighted by atomic mass is 35.5. The van der Waals surface area contributed by atoms with Crippen LogP contribution in [-0.4, -0.2) is 15.4 Å². The van der Waals surface area contributed by atoms with E-state index in [0.717, 1.165) is 31.2 Å². The van der Waals surface area contributed by atoms with E-state index >= 15 is 0 Å². The fourth-order valence-electron chi connectivity index (χ4n) is 2.54. The summed E-state index contributed by atoms with van der Waals surface area (Å²) in [5.41, 5.74) is 0.751. The van der Waals surface area contributed by atoms with Crippen LogP contribution in [0.5, 0.6) is 0 Å². The van der Waals surface area contributed by atoms with Crippen molar-refractivity contribution in [3.63, 3.8) is 0 Å². The molecule has 2 rings (SSSR count). The van der Waals surface area contributed by atoms with Gasteiger partial charge in [-0.05, 0) is 25.5 Å². The van der Waals surface area contributed by atoms with Gasteiger partial charge in [-0.1, -0.05) is 19.8 Å².